The maximum atomic E-state index is 11.6. The van der Waals surface area contributed by atoms with E-state index in [0.717, 1.165) is 5.56 Å². The zero-order valence-corrected chi connectivity index (χ0v) is 10.1. The molecule has 0 aliphatic rings. The summed E-state index contributed by atoms with van der Waals surface area (Å²) in [6.45, 7) is 4.07. The normalized spacial score (nSPS) is 11.6. The van der Waals surface area contributed by atoms with E-state index >= 15 is 0 Å². The van der Waals surface area contributed by atoms with Gasteiger partial charge in [-0.15, -0.1) is 0 Å². The molecule has 1 rings (SSSR count). The number of carbonyl (C=O) groups excluding carboxylic acids is 1. The van der Waals surface area contributed by atoms with E-state index in [1.807, 2.05) is 44.2 Å². The summed E-state index contributed by atoms with van der Waals surface area (Å²) in [7, 11) is 0. The first-order valence-corrected chi connectivity index (χ1v) is 5.55. The molecule has 0 unspecified atom stereocenters. The first kappa shape index (κ1) is 13.2. The summed E-state index contributed by atoms with van der Waals surface area (Å²) in [6.07, 6.45) is 0.407. The number of esters is 1. The van der Waals surface area contributed by atoms with Crippen LogP contribution in [0.25, 0.3) is 0 Å². The molecule has 0 aliphatic heterocycles. The van der Waals surface area contributed by atoms with Gasteiger partial charge in [0.15, 0.2) is 5.71 Å². The number of carbonyl (C=O) groups is 1. The summed E-state index contributed by atoms with van der Waals surface area (Å²) < 4.78 is 5.05. The molecule has 0 radical (unpaired) electrons. The molecule has 4 heteroatoms. The quantitative estimate of drug-likeness (QED) is 0.369. The average Bonchev–Trinajstić information content (AvgIpc) is 2.34. The molecule has 0 bridgehead atoms. The molecule has 0 saturated heterocycles. The van der Waals surface area contributed by atoms with Gasteiger partial charge in [-0.1, -0.05) is 49.3 Å². The molecular weight excluding hydrogens is 218 g/mol. The van der Waals surface area contributed by atoms with Gasteiger partial charge in [0.2, 0.25) is 0 Å². The third-order valence-electron chi connectivity index (χ3n) is 2.17. The van der Waals surface area contributed by atoms with Gasteiger partial charge in [-0.25, -0.2) is 4.79 Å². The van der Waals surface area contributed by atoms with Crippen molar-refractivity contribution in [3.05, 3.63) is 35.9 Å². The third-order valence-corrected chi connectivity index (χ3v) is 2.17. The van der Waals surface area contributed by atoms with Gasteiger partial charge in [-0.3, -0.25) is 0 Å². The molecule has 1 aromatic rings. The van der Waals surface area contributed by atoms with E-state index in [0.29, 0.717) is 6.42 Å². The highest BCUT2D eigenvalue weighted by Crippen LogP contribution is 2.05. The number of benzene rings is 1. The van der Waals surface area contributed by atoms with E-state index in [9.17, 15) is 4.79 Å². The molecule has 0 atom stereocenters. The van der Waals surface area contributed by atoms with Crippen LogP contribution in [0.5, 0.6) is 0 Å². The standard InChI is InChI=1S/C13H17NO3/c1-10(2)8-12(14-16)13(15)17-9-11-6-4-3-5-7-11/h3-7,10,16H,8-9H2,1-2H3/b14-12+. The topological polar surface area (TPSA) is 58.9 Å². The van der Waals surface area contributed by atoms with Crippen molar-refractivity contribution in [2.24, 2.45) is 11.1 Å². The van der Waals surface area contributed by atoms with Crippen LogP contribution < -0.4 is 0 Å². The summed E-state index contributed by atoms with van der Waals surface area (Å²) in [5.74, 6) is -0.324. The molecule has 0 aliphatic carbocycles. The Morgan fingerprint density at radius 3 is 2.53 bits per heavy atom. The van der Waals surface area contributed by atoms with Crippen LogP contribution in [-0.4, -0.2) is 16.9 Å². The molecule has 0 spiro atoms. The Bertz CT molecular complexity index is 385. The molecule has 92 valence electrons. The van der Waals surface area contributed by atoms with Gasteiger partial charge < -0.3 is 9.94 Å². The Labute approximate surface area is 101 Å². The van der Waals surface area contributed by atoms with Crippen LogP contribution in [0.1, 0.15) is 25.8 Å². The van der Waals surface area contributed by atoms with Gasteiger partial charge in [0.25, 0.3) is 0 Å². The van der Waals surface area contributed by atoms with Crippen LogP contribution >= 0.6 is 0 Å². The van der Waals surface area contributed by atoms with E-state index in [4.69, 9.17) is 9.94 Å². The lowest BCUT2D eigenvalue weighted by Crippen LogP contribution is -2.19. The number of ether oxygens (including phenoxy) is 1. The minimum Gasteiger partial charge on any atom is -0.456 e. The Morgan fingerprint density at radius 1 is 1.35 bits per heavy atom. The lowest BCUT2D eigenvalue weighted by molar-refractivity contribution is -0.137. The maximum Gasteiger partial charge on any atom is 0.356 e. The van der Waals surface area contributed by atoms with Crippen LogP contribution in [0.4, 0.5) is 0 Å². The van der Waals surface area contributed by atoms with Crippen molar-refractivity contribution < 1.29 is 14.7 Å². The van der Waals surface area contributed by atoms with Crippen molar-refractivity contribution >= 4 is 11.7 Å². The Kier molecular flexibility index (Phi) is 5.20. The SMILES string of the molecule is CC(C)C/C(=N\O)C(=O)OCc1ccccc1. The second kappa shape index (κ2) is 6.68. The first-order chi connectivity index (χ1) is 8.13. The van der Waals surface area contributed by atoms with Crippen molar-refractivity contribution in [1.82, 2.24) is 0 Å². The molecule has 17 heavy (non-hydrogen) atoms. The number of hydrogen-bond acceptors (Lipinski definition) is 4. The predicted octanol–water partition coefficient (Wildman–Crippen LogP) is 2.61. The average molecular weight is 235 g/mol. The van der Waals surface area contributed by atoms with Gasteiger partial charge in [-0.2, -0.15) is 0 Å². The summed E-state index contributed by atoms with van der Waals surface area (Å²) in [4.78, 5) is 11.6. The molecule has 0 fully saturated rings. The fourth-order valence-electron chi connectivity index (χ4n) is 1.36. The molecular formula is C13H17NO3. The van der Waals surface area contributed by atoms with E-state index in [1.165, 1.54) is 0 Å². The van der Waals surface area contributed by atoms with Gasteiger partial charge in [0.1, 0.15) is 6.61 Å². The minimum atomic E-state index is -0.565. The van der Waals surface area contributed by atoms with Crippen LogP contribution in [0.3, 0.4) is 0 Å². The summed E-state index contributed by atoms with van der Waals surface area (Å²) in [5, 5.41) is 11.7. The second-order valence-corrected chi connectivity index (χ2v) is 4.21. The zero-order chi connectivity index (χ0) is 12.7. The number of oxime groups is 1. The second-order valence-electron chi connectivity index (χ2n) is 4.21. The van der Waals surface area contributed by atoms with Gasteiger partial charge in [-0.05, 0) is 11.5 Å². The van der Waals surface area contributed by atoms with E-state index < -0.39 is 5.97 Å². The predicted molar refractivity (Wildman–Crippen MR) is 64.9 cm³/mol. The maximum absolute atomic E-state index is 11.6. The van der Waals surface area contributed by atoms with Crippen LogP contribution in [0, 0.1) is 5.92 Å². The zero-order valence-electron chi connectivity index (χ0n) is 10.1. The summed E-state index contributed by atoms with van der Waals surface area (Å²) in [5.41, 5.74) is 0.971. The molecule has 0 amide bonds. The third kappa shape index (κ3) is 4.68. The number of hydrogen-bond donors (Lipinski definition) is 1. The lowest BCUT2D eigenvalue weighted by Gasteiger charge is -2.07. The van der Waals surface area contributed by atoms with Gasteiger partial charge in [0, 0.05) is 6.42 Å². The van der Waals surface area contributed by atoms with Crippen molar-refractivity contribution in [2.75, 3.05) is 0 Å². The van der Waals surface area contributed by atoms with Crippen molar-refractivity contribution in [1.29, 1.82) is 0 Å². The fraction of sp³-hybridized carbons (Fsp3) is 0.385. The smallest absolute Gasteiger partial charge is 0.356 e. The molecule has 0 saturated carbocycles. The van der Waals surface area contributed by atoms with Crippen molar-refractivity contribution in [3.8, 4) is 0 Å². The molecule has 1 aromatic carbocycles. The Balaban J connectivity index is 2.49. The largest absolute Gasteiger partial charge is 0.456 e. The van der Waals surface area contributed by atoms with Crippen LogP contribution in [0.2, 0.25) is 0 Å². The van der Waals surface area contributed by atoms with Gasteiger partial charge in [0.05, 0.1) is 0 Å². The molecule has 1 N–H and O–H groups in total. The lowest BCUT2D eigenvalue weighted by atomic mass is 10.1. The number of rotatable bonds is 5. The molecule has 0 heterocycles. The highest BCUT2D eigenvalue weighted by Gasteiger charge is 2.15. The minimum absolute atomic E-state index is 0.0657. The van der Waals surface area contributed by atoms with Gasteiger partial charge >= 0.3 is 5.97 Å². The Hall–Kier alpha value is -1.84. The monoisotopic (exact) mass is 235 g/mol. The first-order valence-electron chi connectivity index (χ1n) is 5.55. The van der Waals surface area contributed by atoms with Crippen molar-refractivity contribution in [3.63, 3.8) is 0 Å². The highest BCUT2D eigenvalue weighted by molar-refractivity contribution is 6.36. The van der Waals surface area contributed by atoms with E-state index in [1.54, 1.807) is 0 Å². The summed E-state index contributed by atoms with van der Waals surface area (Å²) >= 11 is 0. The molecule has 4 nitrogen and oxygen atoms in total. The Morgan fingerprint density at radius 2 is 2.00 bits per heavy atom. The van der Waals surface area contributed by atoms with Crippen LogP contribution in [0.15, 0.2) is 35.5 Å². The van der Waals surface area contributed by atoms with E-state index in [-0.39, 0.29) is 18.2 Å². The number of nitrogens with zero attached hydrogens (tertiary/aromatic N) is 1. The summed E-state index contributed by atoms with van der Waals surface area (Å²) in [6, 6.07) is 9.37. The fourth-order valence-corrected chi connectivity index (χ4v) is 1.36. The van der Waals surface area contributed by atoms with Crippen LogP contribution in [-0.2, 0) is 16.1 Å². The highest BCUT2D eigenvalue weighted by atomic mass is 16.5. The molecule has 0 aromatic heterocycles. The van der Waals surface area contributed by atoms with E-state index in [2.05, 4.69) is 5.16 Å². The van der Waals surface area contributed by atoms with Crippen molar-refractivity contribution in [2.45, 2.75) is 26.9 Å².